The number of benzene rings is 3. The molecule has 3 aromatic carbocycles. The molecule has 5 heteroatoms. The molecule has 5 nitrogen and oxygen atoms in total. The minimum atomic E-state index is -0.294. The normalized spacial score (nSPS) is 10.7. The van der Waals surface area contributed by atoms with Crippen molar-refractivity contribution in [2.75, 3.05) is 5.32 Å². The van der Waals surface area contributed by atoms with Crippen LogP contribution in [0.2, 0.25) is 0 Å². The minimum absolute atomic E-state index is 0.186. The second-order valence-corrected chi connectivity index (χ2v) is 6.68. The van der Waals surface area contributed by atoms with Crippen LogP contribution in [-0.4, -0.2) is 18.0 Å². The third-order valence-corrected chi connectivity index (χ3v) is 4.35. The number of nitrogens with one attached hydrogen (secondary N) is 2. The zero-order chi connectivity index (χ0) is 20.5. The van der Waals surface area contributed by atoms with Crippen LogP contribution in [0.5, 0.6) is 0 Å². The van der Waals surface area contributed by atoms with E-state index in [1.54, 1.807) is 36.5 Å². The number of hydrogen-bond donors (Lipinski definition) is 2. The number of anilines is 1. The van der Waals surface area contributed by atoms with Gasteiger partial charge in [-0.2, -0.15) is 5.10 Å². The fourth-order valence-electron chi connectivity index (χ4n) is 2.80. The van der Waals surface area contributed by atoms with Gasteiger partial charge in [0.25, 0.3) is 11.8 Å². The summed E-state index contributed by atoms with van der Waals surface area (Å²) in [5.74, 6) is -0.480. The molecule has 0 aromatic heterocycles. The zero-order valence-electron chi connectivity index (χ0n) is 16.3. The van der Waals surface area contributed by atoms with Gasteiger partial charge in [-0.25, -0.2) is 5.43 Å². The topological polar surface area (TPSA) is 70.6 Å². The largest absolute Gasteiger partial charge is 0.322 e. The van der Waals surface area contributed by atoms with Crippen LogP contribution in [-0.2, 0) is 6.42 Å². The fourth-order valence-corrected chi connectivity index (χ4v) is 2.80. The van der Waals surface area contributed by atoms with Gasteiger partial charge >= 0.3 is 0 Å². The lowest BCUT2D eigenvalue weighted by atomic mass is 10.1. The van der Waals surface area contributed by atoms with Crippen LogP contribution in [0.3, 0.4) is 0 Å². The summed E-state index contributed by atoms with van der Waals surface area (Å²) in [5.41, 5.74) is 6.46. The van der Waals surface area contributed by atoms with Gasteiger partial charge in [0.2, 0.25) is 0 Å². The van der Waals surface area contributed by atoms with Crippen molar-refractivity contribution in [3.8, 4) is 0 Å². The Hall–Kier alpha value is -3.73. The first-order chi connectivity index (χ1) is 14.1. The first-order valence-electron chi connectivity index (χ1n) is 9.46. The van der Waals surface area contributed by atoms with Crippen molar-refractivity contribution in [3.05, 3.63) is 101 Å². The van der Waals surface area contributed by atoms with Crippen LogP contribution < -0.4 is 10.7 Å². The lowest BCUT2D eigenvalue weighted by Gasteiger charge is -2.07. The Morgan fingerprint density at radius 2 is 1.62 bits per heavy atom. The van der Waals surface area contributed by atoms with Crippen LogP contribution in [0.1, 0.15) is 38.3 Å². The third kappa shape index (κ3) is 6.14. The molecule has 2 N–H and O–H groups in total. The summed E-state index contributed by atoms with van der Waals surface area (Å²) in [6.07, 6.45) is 3.31. The van der Waals surface area contributed by atoms with Gasteiger partial charge in [-0.15, -0.1) is 0 Å². The van der Waals surface area contributed by atoms with Gasteiger partial charge in [0.15, 0.2) is 0 Å². The Balaban J connectivity index is 1.48. The monoisotopic (exact) mass is 385 g/mol. The van der Waals surface area contributed by atoms with Crippen LogP contribution >= 0.6 is 0 Å². The molecule has 0 aliphatic rings. The molecule has 0 spiro atoms. The van der Waals surface area contributed by atoms with E-state index in [4.69, 9.17) is 0 Å². The van der Waals surface area contributed by atoms with Crippen molar-refractivity contribution < 1.29 is 9.59 Å². The molecule has 0 radical (unpaired) electrons. The van der Waals surface area contributed by atoms with E-state index in [0.29, 0.717) is 16.8 Å². The number of rotatable bonds is 7. The van der Waals surface area contributed by atoms with Crippen molar-refractivity contribution in [1.29, 1.82) is 0 Å². The number of hydrazone groups is 1. The van der Waals surface area contributed by atoms with E-state index in [1.807, 2.05) is 43.3 Å². The maximum atomic E-state index is 12.3. The first kappa shape index (κ1) is 20.0. The van der Waals surface area contributed by atoms with Gasteiger partial charge in [0, 0.05) is 23.0 Å². The Morgan fingerprint density at radius 3 is 2.34 bits per heavy atom. The molecule has 0 unspecified atom stereocenters. The molecule has 0 aliphatic carbocycles. The highest BCUT2D eigenvalue weighted by atomic mass is 16.2. The van der Waals surface area contributed by atoms with Gasteiger partial charge in [0.1, 0.15) is 0 Å². The summed E-state index contributed by atoms with van der Waals surface area (Å²) in [6, 6.07) is 24.2. The molecule has 3 rings (SSSR count). The van der Waals surface area contributed by atoms with Crippen LogP contribution in [0.15, 0.2) is 84.0 Å². The smallest absolute Gasteiger partial charge is 0.271 e. The van der Waals surface area contributed by atoms with E-state index in [0.717, 1.165) is 18.4 Å². The number of carbonyl (C=O) groups is 2. The fraction of sp³-hybridized carbons (Fsp3) is 0.125. The molecule has 0 bridgehead atoms. The number of carbonyl (C=O) groups excluding carboxylic acids is 2. The molecular weight excluding hydrogens is 362 g/mol. The summed E-state index contributed by atoms with van der Waals surface area (Å²) in [5, 5.41) is 6.81. The summed E-state index contributed by atoms with van der Waals surface area (Å²) in [6.45, 7) is 1.94. The van der Waals surface area contributed by atoms with Crippen LogP contribution in [0, 0.1) is 6.92 Å². The molecule has 0 fully saturated rings. The average Bonchev–Trinajstić information content (AvgIpc) is 2.74. The second kappa shape index (κ2) is 9.99. The number of nitrogens with zero attached hydrogens (tertiary/aromatic N) is 1. The SMILES string of the molecule is Cc1cccc(C(=O)Nc2ccc(C(=O)N/N=C/CCc3ccccc3)cc2)c1. The Bertz CT molecular complexity index is 996. The standard InChI is InChI=1S/C24H23N3O2/c1-18-7-5-11-21(17-18)23(28)26-22-14-12-20(13-15-22)24(29)27-25-16-6-10-19-8-3-2-4-9-19/h2-5,7-9,11-17H,6,10H2,1H3,(H,26,28)(H,27,29)/b25-16+. The van der Waals surface area contributed by atoms with Crippen molar-refractivity contribution in [2.24, 2.45) is 5.10 Å². The van der Waals surface area contributed by atoms with Crippen LogP contribution in [0.25, 0.3) is 0 Å². The van der Waals surface area contributed by atoms with Gasteiger partial charge in [-0.1, -0.05) is 48.0 Å². The van der Waals surface area contributed by atoms with Gasteiger partial charge in [-0.05, 0) is 61.7 Å². The van der Waals surface area contributed by atoms with E-state index >= 15 is 0 Å². The summed E-state index contributed by atoms with van der Waals surface area (Å²) < 4.78 is 0. The number of aryl methyl sites for hydroxylation is 2. The van der Waals surface area contributed by atoms with Gasteiger partial charge < -0.3 is 5.32 Å². The maximum Gasteiger partial charge on any atom is 0.271 e. The second-order valence-electron chi connectivity index (χ2n) is 6.68. The van der Waals surface area contributed by atoms with Gasteiger partial charge in [-0.3, -0.25) is 9.59 Å². The Kier molecular flexibility index (Phi) is 6.90. The zero-order valence-corrected chi connectivity index (χ0v) is 16.3. The first-order valence-corrected chi connectivity index (χ1v) is 9.46. The Labute approximate surface area is 170 Å². The number of amides is 2. The predicted octanol–water partition coefficient (Wildman–Crippen LogP) is 4.60. The van der Waals surface area contributed by atoms with E-state index in [2.05, 4.69) is 28.0 Å². The molecule has 29 heavy (non-hydrogen) atoms. The highest BCUT2D eigenvalue weighted by Gasteiger charge is 2.08. The predicted molar refractivity (Wildman–Crippen MR) is 116 cm³/mol. The van der Waals surface area contributed by atoms with Crippen molar-refractivity contribution >= 4 is 23.7 Å². The molecule has 0 saturated heterocycles. The number of hydrogen-bond acceptors (Lipinski definition) is 3. The summed E-state index contributed by atoms with van der Waals surface area (Å²) in [4.78, 5) is 24.4. The van der Waals surface area contributed by atoms with E-state index in [1.165, 1.54) is 5.56 Å². The van der Waals surface area contributed by atoms with Crippen molar-refractivity contribution in [2.45, 2.75) is 19.8 Å². The van der Waals surface area contributed by atoms with E-state index in [9.17, 15) is 9.59 Å². The van der Waals surface area contributed by atoms with Crippen molar-refractivity contribution in [1.82, 2.24) is 5.43 Å². The summed E-state index contributed by atoms with van der Waals surface area (Å²) >= 11 is 0. The van der Waals surface area contributed by atoms with Crippen molar-refractivity contribution in [3.63, 3.8) is 0 Å². The van der Waals surface area contributed by atoms with E-state index in [-0.39, 0.29) is 11.8 Å². The van der Waals surface area contributed by atoms with Crippen LogP contribution in [0.4, 0.5) is 5.69 Å². The summed E-state index contributed by atoms with van der Waals surface area (Å²) in [7, 11) is 0. The quantitative estimate of drug-likeness (QED) is 0.461. The average molecular weight is 385 g/mol. The molecule has 146 valence electrons. The van der Waals surface area contributed by atoms with Gasteiger partial charge in [0.05, 0.1) is 0 Å². The molecular formula is C24H23N3O2. The molecule has 0 atom stereocenters. The maximum absolute atomic E-state index is 12.3. The highest BCUT2D eigenvalue weighted by molar-refractivity contribution is 6.04. The lowest BCUT2D eigenvalue weighted by Crippen LogP contribution is -2.17. The molecule has 3 aromatic rings. The molecule has 0 heterocycles. The molecule has 0 saturated carbocycles. The molecule has 2 amide bonds. The molecule has 0 aliphatic heterocycles. The third-order valence-electron chi connectivity index (χ3n) is 4.35. The Morgan fingerprint density at radius 1 is 0.862 bits per heavy atom. The lowest BCUT2D eigenvalue weighted by molar-refractivity contribution is 0.0954. The minimum Gasteiger partial charge on any atom is -0.322 e. The highest BCUT2D eigenvalue weighted by Crippen LogP contribution is 2.12. The van der Waals surface area contributed by atoms with E-state index < -0.39 is 0 Å².